The van der Waals surface area contributed by atoms with Gasteiger partial charge in [-0.2, -0.15) is 5.10 Å². The number of nitro groups is 1. The average Bonchev–Trinajstić information content (AvgIpc) is 3.69. The van der Waals surface area contributed by atoms with Gasteiger partial charge in [-0.15, -0.1) is 0 Å². The monoisotopic (exact) mass is 655 g/mol. The van der Waals surface area contributed by atoms with Gasteiger partial charge in [-0.1, -0.05) is 42.5 Å². The number of hydrogen-bond donors (Lipinski definition) is 0. The van der Waals surface area contributed by atoms with Crippen molar-refractivity contribution < 1.29 is 18.9 Å². The smallest absolute Gasteiger partial charge is 0.280 e. The average molecular weight is 656 g/mol. The van der Waals surface area contributed by atoms with Crippen LogP contribution in [0.15, 0.2) is 107 Å². The summed E-state index contributed by atoms with van der Waals surface area (Å²) in [5.74, 6) is 1.70. The Hall–Kier alpha value is -5.90. The maximum absolute atomic E-state index is 14.4. The van der Waals surface area contributed by atoms with Gasteiger partial charge in [-0.25, -0.2) is 5.01 Å². The molecule has 10 heteroatoms. The van der Waals surface area contributed by atoms with Crippen molar-refractivity contribution in [1.82, 2.24) is 5.01 Å². The summed E-state index contributed by atoms with van der Waals surface area (Å²) >= 11 is 0. The van der Waals surface area contributed by atoms with Crippen LogP contribution < -0.4 is 14.5 Å². The Bertz CT molecular complexity index is 2030. The van der Waals surface area contributed by atoms with Gasteiger partial charge >= 0.3 is 0 Å². The first kappa shape index (κ1) is 31.7. The maximum atomic E-state index is 14.4. The minimum atomic E-state index is -1.15. The highest BCUT2D eigenvalue weighted by Crippen LogP contribution is 2.58. The number of benzene rings is 4. The molecule has 0 saturated heterocycles. The molecule has 3 heterocycles. The van der Waals surface area contributed by atoms with Crippen LogP contribution in [-0.2, 0) is 5.54 Å². The van der Waals surface area contributed by atoms with E-state index in [1.807, 2.05) is 36.4 Å². The fourth-order valence-corrected chi connectivity index (χ4v) is 7.17. The summed E-state index contributed by atoms with van der Waals surface area (Å²) in [6.07, 6.45) is 1.49. The van der Waals surface area contributed by atoms with Crippen molar-refractivity contribution in [3.63, 3.8) is 0 Å². The molecule has 0 N–H and O–H groups in total. The van der Waals surface area contributed by atoms with Crippen LogP contribution in [0.25, 0.3) is 11.3 Å². The van der Waals surface area contributed by atoms with E-state index in [4.69, 9.17) is 14.3 Å². The molecule has 7 rings (SSSR count). The minimum absolute atomic E-state index is 0.0620. The molecule has 5 aromatic rings. The highest BCUT2D eigenvalue weighted by Gasteiger charge is 2.57. The molecule has 10 nitrogen and oxygen atoms in total. The zero-order valence-electron chi connectivity index (χ0n) is 27.9. The van der Waals surface area contributed by atoms with Crippen LogP contribution in [-0.4, -0.2) is 48.2 Å². The van der Waals surface area contributed by atoms with Gasteiger partial charge < -0.3 is 19.0 Å². The first-order valence-corrected chi connectivity index (χ1v) is 16.6. The summed E-state index contributed by atoms with van der Waals surface area (Å²) < 4.78 is 12.8. The Kier molecular flexibility index (Phi) is 8.15. The predicted octanol–water partition coefficient (Wildman–Crippen LogP) is 8.43. The third kappa shape index (κ3) is 5.02. The lowest BCUT2D eigenvalue weighted by molar-refractivity contribution is -0.384. The first-order valence-electron chi connectivity index (χ1n) is 16.6. The number of hydrazone groups is 1. The molecule has 4 aromatic carbocycles. The zero-order chi connectivity index (χ0) is 34.3. The fraction of sp³-hybridized carbons (Fsp3) is 0.231. The van der Waals surface area contributed by atoms with Gasteiger partial charge in [0.1, 0.15) is 28.6 Å². The van der Waals surface area contributed by atoms with E-state index in [0.717, 1.165) is 54.2 Å². The third-order valence-electron chi connectivity index (χ3n) is 9.54. The van der Waals surface area contributed by atoms with Crippen molar-refractivity contribution in [2.45, 2.75) is 33.2 Å². The molecule has 0 radical (unpaired) electrons. The number of carbonyl (C=O) groups is 1. The highest BCUT2D eigenvalue weighted by atomic mass is 16.6. The fourth-order valence-electron chi connectivity index (χ4n) is 7.17. The molecule has 0 unspecified atom stereocenters. The van der Waals surface area contributed by atoms with Crippen molar-refractivity contribution in [3.05, 3.63) is 135 Å². The lowest BCUT2D eigenvalue weighted by Crippen LogP contribution is -2.44. The standard InChI is InChI=1S/C39H37N5O5/c1-5-41(6-2)26-17-20-32-36(23-26)49-37-24-27(42(7-3)8-4)18-21-33(37)39(32)31-15-11-9-13-29(31)38(45)43(39)40-25-28-19-22-35(48-28)30-14-10-12-16-34(30)44(46)47/h9-25H,5-8H2,1-4H3/b40-25+. The summed E-state index contributed by atoms with van der Waals surface area (Å²) in [4.78, 5) is 30.2. The molecule has 2 aliphatic heterocycles. The van der Waals surface area contributed by atoms with Crippen LogP contribution in [0.1, 0.15) is 60.5 Å². The second kappa shape index (κ2) is 12.6. The number of para-hydroxylation sites is 1. The van der Waals surface area contributed by atoms with Gasteiger partial charge in [0.05, 0.1) is 16.7 Å². The molecule has 2 aliphatic rings. The number of nitrogens with zero attached hydrogens (tertiary/aromatic N) is 5. The largest absolute Gasteiger partial charge is 0.456 e. The van der Waals surface area contributed by atoms with E-state index < -0.39 is 10.5 Å². The molecule has 0 fully saturated rings. The summed E-state index contributed by atoms with van der Waals surface area (Å²) in [5.41, 5.74) is 4.12. The van der Waals surface area contributed by atoms with Crippen LogP contribution in [0.4, 0.5) is 17.1 Å². The summed E-state index contributed by atoms with van der Waals surface area (Å²) in [6.45, 7) is 11.8. The second-order valence-corrected chi connectivity index (χ2v) is 11.9. The summed E-state index contributed by atoms with van der Waals surface area (Å²) in [5, 5.41) is 18.1. The molecule has 248 valence electrons. The number of furan rings is 1. The van der Waals surface area contributed by atoms with Crippen LogP contribution in [0, 0.1) is 10.1 Å². The third-order valence-corrected chi connectivity index (χ3v) is 9.54. The number of carbonyl (C=O) groups excluding carboxylic acids is 1. The van der Waals surface area contributed by atoms with E-state index in [1.54, 1.807) is 30.3 Å². The molecular formula is C39H37N5O5. The molecule has 1 aromatic heterocycles. The molecule has 0 bridgehead atoms. The van der Waals surface area contributed by atoms with E-state index in [0.29, 0.717) is 34.1 Å². The van der Waals surface area contributed by atoms with E-state index >= 15 is 0 Å². The molecule has 49 heavy (non-hydrogen) atoms. The van der Waals surface area contributed by atoms with E-state index in [1.165, 1.54) is 17.3 Å². The van der Waals surface area contributed by atoms with Crippen molar-refractivity contribution in [1.29, 1.82) is 0 Å². The molecule has 0 aliphatic carbocycles. The number of fused-ring (bicyclic) bond motifs is 6. The normalized spacial score (nSPS) is 14.0. The Labute approximate surface area is 285 Å². The molecule has 0 atom stereocenters. The lowest BCUT2D eigenvalue weighted by Gasteiger charge is -2.42. The van der Waals surface area contributed by atoms with E-state index in [2.05, 4.69) is 61.8 Å². The summed E-state index contributed by atoms with van der Waals surface area (Å²) in [6, 6.07) is 29.7. The van der Waals surface area contributed by atoms with E-state index in [-0.39, 0.29) is 11.6 Å². The Balaban J connectivity index is 1.42. The quantitative estimate of drug-likeness (QED) is 0.0845. The topological polar surface area (TPSA) is 105 Å². The Morgan fingerprint density at radius 3 is 1.92 bits per heavy atom. The summed E-state index contributed by atoms with van der Waals surface area (Å²) in [7, 11) is 0. The van der Waals surface area contributed by atoms with Gasteiger partial charge in [0.15, 0.2) is 0 Å². The molecular weight excluding hydrogens is 618 g/mol. The Morgan fingerprint density at radius 1 is 0.755 bits per heavy atom. The highest BCUT2D eigenvalue weighted by molar-refractivity contribution is 6.03. The van der Waals surface area contributed by atoms with Crippen molar-refractivity contribution in [2.75, 3.05) is 36.0 Å². The predicted molar refractivity (Wildman–Crippen MR) is 191 cm³/mol. The van der Waals surface area contributed by atoms with Crippen LogP contribution >= 0.6 is 0 Å². The van der Waals surface area contributed by atoms with Crippen LogP contribution in [0.3, 0.4) is 0 Å². The number of anilines is 2. The van der Waals surface area contributed by atoms with Gasteiger partial charge in [-0.3, -0.25) is 14.9 Å². The van der Waals surface area contributed by atoms with Gasteiger partial charge in [0.25, 0.3) is 11.6 Å². The molecule has 1 spiro atoms. The number of hydrogen-bond acceptors (Lipinski definition) is 8. The second-order valence-electron chi connectivity index (χ2n) is 11.9. The van der Waals surface area contributed by atoms with Gasteiger partial charge in [-0.05, 0) is 64.1 Å². The zero-order valence-corrected chi connectivity index (χ0v) is 27.9. The van der Waals surface area contributed by atoms with Gasteiger partial charge in [0.2, 0.25) is 0 Å². The van der Waals surface area contributed by atoms with Gasteiger partial charge in [0, 0.05) is 78.0 Å². The SMILES string of the molecule is CCN(CC)c1ccc2c(c1)Oc1cc(N(CC)CC)ccc1C21c2ccccc2C(=O)N1/N=C/c1ccc(-c2ccccc2[N+](=O)[O-])o1. The maximum Gasteiger partial charge on any atom is 0.280 e. The number of amides is 1. The molecule has 1 amide bonds. The Morgan fingerprint density at radius 2 is 1.33 bits per heavy atom. The van der Waals surface area contributed by atoms with Crippen LogP contribution in [0.2, 0.25) is 0 Å². The van der Waals surface area contributed by atoms with Crippen molar-refractivity contribution in [2.24, 2.45) is 5.10 Å². The first-order chi connectivity index (χ1) is 23.8. The van der Waals surface area contributed by atoms with Crippen molar-refractivity contribution in [3.8, 4) is 22.8 Å². The van der Waals surface area contributed by atoms with E-state index in [9.17, 15) is 14.9 Å². The van der Waals surface area contributed by atoms with Crippen molar-refractivity contribution >= 4 is 29.2 Å². The van der Waals surface area contributed by atoms with Crippen LogP contribution in [0.5, 0.6) is 11.5 Å². The molecule has 0 saturated carbocycles. The minimum Gasteiger partial charge on any atom is -0.456 e. The number of nitro benzene ring substituents is 1. The number of rotatable bonds is 10. The lowest BCUT2D eigenvalue weighted by atomic mass is 9.75. The number of ether oxygens (including phenoxy) is 1.